The quantitative estimate of drug-likeness (QED) is 0.449. The van der Waals surface area contributed by atoms with Crippen LogP contribution in [0.1, 0.15) is 60.8 Å². The molecule has 3 fully saturated rings. The maximum Gasteiger partial charge on any atom is 0.257 e. The molecule has 10 nitrogen and oxygen atoms in total. The smallest absolute Gasteiger partial charge is 0.257 e. The van der Waals surface area contributed by atoms with Gasteiger partial charge in [-0.3, -0.25) is 19.2 Å². The van der Waals surface area contributed by atoms with E-state index >= 15 is 0 Å². The maximum atomic E-state index is 14.0. The molecule has 240 valence electrons. The molecule has 3 aliphatic rings. The predicted molar refractivity (Wildman–Crippen MR) is 173 cm³/mol. The van der Waals surface area contributed by atoms with Gasteiger partial charge < -0.3 is 20.4 Å². The third-order valence-electron chi connectivity index (χ3n) is 9.58. The third kappa shape index (κ3) is 6.95. The summed E-state index contributed by atoms with van der Waals surface area (Å²) in [5.41, 5.74) is 3.04. The number of likely N-dealkylation sites (tertiary alicyclic amines) is 1. The Hall–Kier alpha value is -4.60. The van der Waals surface area contributed by atoms with Gasteiger partial charge in [0.05, 0.1) is 11.3 Å². The summed E-state index contributed by atoms with van der Waals surface area (Å²) in [6.07, 6.45) is 5.11. The fraction of sp³-hybridized carbons (Fsp3) is 0.444. The van der Waals surface area contributed by atoms with Crippen molar-refractivity contribution in [3.63, 3.8) is 0 Å². The van der Waals surface area contributed by atoms with Crippen LogP contribution in [-0.4, -0.2) is 81.2 Å². The first kappa shape index (κ1) is 31.4. The lowest BCUT2D eigenvalue weighted by atomic mass is 9.77. The van der Waals surface area contributed by atoms with Gasteiger partial charge in [0.2, 0.25) is 17.7 Å². The van der Waals surface area contributed by atoms with Gasteiger partial charge in [0.1, 0.15) is 17.9 Å². The Balaban J connectivity index is 1.18. The van der Waals surface area contributed by atoms with Gasteiger partial charge in [0.15, 0.2) is 0 Å². The molecule has 1 aromatic heterocycles. The highest BCUT2D eigenvalue weighted by Gasteiger charge is 2.45. The summed E-state index contributed by atoms with van der Waals surface area (Å²) in [6, 6.07) is 17.9. The van der Waals surface area contributed by atoms with Crippen LogP contribution in [0.25, 0.3) is 11.3 Å². The van der Waals surface area contributed by atoms with Crippen molar-refractivity contribution < 1.29 is 19.2 Å². The third-order valence-corrected chi connectivity index (χ3v) is 9.58. The lowest BCUT2D eigenvalue weighted by Gasteiger charge is -2.51. The van der Waals surface area contributed by atoms with Crippen LogP contribution in [-0.2, 0) is 20.8 Å². The highest BCUT2D eigenvalue weighted by molar-refractivity contribution is 5.99. The van der Waals surface area contributed by atoms with Gasteiger partial charge in [-0.15, -0.1) is 0 Å². The lowest BCUT2D eigenvalue weighted by Crippen LogP contribution is -2.63. The van der Waals surface area contributed by atoms with Gasteiger partial charge in [-0.2, -0.15) is 0 Å². The molecule has 4 heterocycles. The van der Waals surface area contributed by atoms with E-state index in [0.29, 0.717) is 62.4 Å². The fourth-order valence-corrected chi connectivity index (χ4v) is 7.34. The molecule has 5 atom stereocenters. The average Bonchev–Trinajstić information content (AvgIpc) is 3.07. The van der Waals surface area contributed by atoms with E-state index in [1.807, 2.05) is 77.4 Å². The van der Waals surface area contributed by atoms with Crippen molar-refractivity contribution in [1.29, 1.82) is 0 Å². The molecule has 10 heteroatoms. The largest absolute Gasteiger partial charge is 0.344 e. The number of carbonyl (C=O) groups is 4. The molecule has 4 amide bonds. The van der Waals surface area contributed by atoms with Gasteiger partial charge in [0.25, 0.3) is 5.91 Å². The van der Waals surface area contributed by atoms with Crippen LogP contribution >= 0.6 is 0 Å². The van der Waals surface area contributed by atoms with Crippen LogP contribution < -0.4 is 10.6 Å². The summed E-state index contributed by atoms with van der Waals surface area (Å²) in [6.45, 7) is 5.07. The zero-order valence-electron chi connectivity index (χ0n) is 26.5. The summed E-state index contributed by atoms with van der Waals surface area (Å²) in [4.78, 5) is 67.2. The highest BCUT2D eigenvalue weighted by Crippen LogP contribution is 2.37. The van der Waals surface area contributed by atoms with Crippen molar-refractivity contribution in [2.75, 3.05) is 19.6 Å². The maximum absolute atomic E-state index is 14.0. The fourth-order valence-electron chi connectivity index (χ4n) is 7.34. The number of hydrogen-bond acceptors (Lipinski definition) is 6. The molecule has 3 aliphatic heterocycles. The SMILES string of the molecule is Cc1ncc(C(=O)N2C[C@@H]3C[C@H](C2)[C@@H]2CCCC(=O)N[C@@H](CCc4ccccc4)C(=O)N[C@H](C)C(=O)N2C3)c(-c2ccccc2)n1. The minimum Gasteiger partial charge on any atom is -0.344 e. The van der Waals surface area contributed by atoms with Crippen LogP contribution in [0.5, 0.6) is 0 Å². The van der Waals surface area contributed by atoms with E-state index in [4.69, 9.17) is 0 Å². The first-order chi connectivity index (χ1) is 22.3. The van der Waals surface area contributed by atoms with Crippen molar-refractivity contribution in [2.24, 2.45) is 11.8 Å². The summed E-state index contributed by atoms with van der Waals surface area (Å²) >= 11 is 0. The van der Waals surface area contributed by atoms with E-state index < -0.39 is 12.1 Å². The van der Waals surface area contributed by atoms with Gasteiger partial charge >= 0.3 is 0 Å². The van der Waals surface area contributed by atoms with Crippen molar-refractivity contribution in [1.82, 2.24) is 30.4 Å². The molecule has 0 radical (unpaired) electrons. The molecule has 2 bridgehead atoms. The number of hydrogen-bond donors (Lipinski definition) is 2. The number of piperidine rings is 2. The van der Waals surface area contributed by atoms with E-state index in [0.717, 1.165) is 17.5 Å². The molecular weight excluding hydrogens is 580 g/mol. The van der Waals surface area contributed by atoms with E-state index in [2.05, 4.69) is 20.6 Å². The van der Waals surface area contributed by atoms with Gasteiger partial charge in [-0.25, -0.2) is 9.97 Å². The molecule has 3 saturated heterocycles. The average molecular weight is 623 g/mol. The number of carbonyl (C=O) groups excluding carboxylic acids is 4. The zero-order chi connectivity index (χ0) is 32.2. The Bertz CT molecular complexity index is 1580. The first-order valence-corrected chi connectivity index (χ1v) is 16.4. The Labute approximate surface area is 270 Å². The number of benzene rings is 2. The van der Waals surface area contributed by atoms with E-state index in [1.54, 1.807) is 13.1 Å². The van der Waals surface area contributed by atoms with E-state index in [9.17, 15) is 19.2 Å². The molecule has 6 rings (SSSR count). The first-order valence-electron chi connectivity index (χ1n) is 16.4. The Kier molecular flexibility index (Phi) is 9.42. The number of aryl methyl sites for hydroxylation is 2. The Morgan fingerprint density at radius 2 is 1.70 bits per heavy atom. The number of aromatic nitrogens is 2. The number of nitrogens with zero attached hydrogens (tertiary/aromatic N) is 4. The van der Waals surface area contributed by atoms with Gasteiger partial charge in [0, 0.05) is 43.9 Å². The highest BCUT2D eigenvalue weighted by atomic mass is 16.2. The molecule has 0 aliphatic carbocycles. The van der Waals surface area contributed by atoms with Crippen molar-refractivity contribution >= 4 is 23.6 Å². The molecule has 0 unspecified atom stereocenters. The number of nitrogens with one attached hydrogen (secondary N) is 2. The topological polar surface area (TPSA) is 125 Å². The molecule has 3 aromatic rings. The van der Waals surface area contributed by atoms with Crippen LogP contribution in [0.2, 0.25) is 0 Å². The van der Waals surface area contributed by atoms with Crippen molar-refractivity contribution in [2.45, 2.75) is 70.5 Å². The second-order valence-electron chi connectivity index (χ2n) is 12.9. The van der Waals surface area contributed by atoms with Crippen LogP contribution in [0.4, 0.5) is 0 Å². The zero-order valence-corrected chi connectivity index (χ0v) is 26.5. The lowest BCUT2D eigenvalue weighted by molar-refractivity contribution is -0.145. The number of rotatable bonds is 5. The number of fused-ring (bicyclic) bond motifs is 4. The minimum absolute atomic E-state index is 0.0551. The molecule has 2 N–H and O–H groups in total. The molecule has 46 heavy (non-hydrogen) atoms. The van der Waals surface area contributed by atoms with Crippen molar-refractivity contribution in [3.8, 4) is 11.3 Å². The van der Waals surface area contributed by atoms with Gasteiger partial charge in [-0.1, -0.05) is 60.7 Å². The Morgan fingerprint density at radius 3 is 2.46 bits per heavy atom. The molecule has 0 saturated carbocycles. The standard InChI is InChI=1S/C36H42N6O4/c1-23-35(45)42-21-26-18-28(22-41(20-26)36(46)29-19-37-24(2)39-33(29)27-12-7-4-8-13-27)31(42)14-9-15-32(43)40-30(34(44)38-23)17-16-25-10-5-3-6-11-25/h3-8,10-13,19,23,26,28,30-31H,9,14-18,20-22H2,1-2H3,(H,38,44)(H,40,43)/t23-,26+,28-,30+,31+/m1/s1. The monoisotopic (exact) mass is 622 g/mol. The minimum atomic E-state index is -0.736. The van der Waals surface area contributed by atoms with Crippen molar-refractivity contribution in [3.05, 3.63) is 83.8 Å². The molecule has 0 spiro atoms. The van der Waals surface area contributed by atoms with Crippen LogP contribution in [0.15, 0.2) is 66.9 Å². The molecule has 2 aromatic carbocycles. The summed E-state index contributed by atoms with van der Waals surface area (Å²) in [7, 11) is 0. The van der Waals surface area contributed by atoms with E-state index in [-0.39, 0.29) is 47.9 Å². The number of amides is 4. The van der Waals surface area contributed by atoms with E-state index in [1.165, 1.54) is 0 Å². The second-order valence-corrected chi connectivity index (χ2v) is 12.9. The Morgan fingerprint density at radius 1 is 0.957 bits per heavy atom. The normalized spacial score (nSPS) is 25.4. The second kappa shape index (κ2) is 13.8. The van der Waals surface area contributed by atoms with Crippen LogP contribution in [0.3, 0.4) is 0 Å². The van der Waals surface area contributed by atoms with Gasteiger partial charge in [-0.05, 0) is 63.4 Å². The molecular formula is C36H42N6O4. The summed E-state index contributed by atoms with van der Waals surface area (Å²) in [5.74, 6) is 0.0302. The summed E-state index contributed by atoms with van der Waals surface area (Å²) < 4.78 is 0. The predicted octanol–water partition coefficient (Wildman–Crippen LogP) is 3.55. The van der Waals surface area contributed by atoms with Crippen LogP contribution in [0, 0.1) is 18.8 Å². The summed E-state index contributed by atoms with van der Waals surface area (Å²) in [5, 5.41) is 5.83.